The Morgan fingerprint density at radius 3 is 2.50 bits per heavy atom. The van der Waals surface area contributed by atoms with Crippen molar-refractivity contribution in [2.24, 2.45) is 0 Å². The standard InChI is InChI=1S/C4H6Br2O3S/c1-10(7,8)9-3-4(6)2-5/h2H,3H2,1H3/b4-2-. The van der Waals surface area contributed by atoms with Gasteiger partial charge in [0.1, 0.15) is 0 Å². The van der Waals surface area contributed by atoms with E-state index in [1.165, 1.54) is 4.99 Å². The third-order valence-corrected chi connectivity index (χ3v) is 2.70. The molecule has 0 saturated carbocycles. The minimum atomic E-state index is -3.32. The molecule has 0 bridgehead atoms. The van der Waals surface area contributed by atoms with Crippen molar-refractivity contribution in [3.8, 4) is 0 Å². The normalized spacial score (nSPS) is 13.7. The molecule has 0 unspecified atom stereocenters. The number of hydrogen-bond donors (Lipinski definition) is 0. The molecule has 0 atom stereocenters. The second-order valence-corrected chi connectivity index (χ2v) is 4.64. The van der Waals surface area contributed by atoms with Crippen LogP contribution in [0.4, 0.5) is 0 Å². The lowest BCUT2D eigenvalue weighted by molar-refractivity contribution is 0.360. The summed E-state index contributed by atoms with van der Waals surface area (Å²) in [6, 6.07) is 0. The van der Waals surface area contributed by atoms with Crippen LogP contribution in [-0.4, -0.2) is 21.3 Å². The molecule has 0 fully saturated rings. The van der Waals surface area contributed by atoms with Crippen LogP contribution in [0.2, 0.25) is 0 Å². The van der Waals surface area contributed by atoms with Crippen LogP contribution in [0, 0.1) is 0 Å². The summed E-state index contributed by atoms with van der Waals surface area (Å²) in [5.74, 6) is 0. The van der Waals surface area contributed by atoms with E-state index < -0.39 is 10.1 Å². The zero-order valence-electron chi connectivity index (χ0n) is 5.17. The highest BCUT2D eigenvalue weighted by atomic mass is 79.9. The van der Waals surface area contributed by atoms with Crippen LogP contribution in [0.5, 0.6) is 0 Å². The summed E-state index contributed by atoms with van der Waals surface area (Å²) >= 11 is 6.05. The summed E-state index contributed by atoms with van der Waals surface area (Å²) in [4.78, 5) is 1.54. The van der Waals surface area contributed by atoms with Gasteiger partial charge >= 0.3 is 0 Å². The maximum atomic E-state index is 10.4. The van der Waals surface area contributed by atoms with Gasteiger partial charge in [0.15, 0.2) is 0 Å². The molecular weight excluding hydrogens is 288 g/mol. The van der Waals surface area contributed by atoms with Crippen molar-refractivity contribution in [1.29, 1.82) is 0 Å². The summed E-state index contributed by atoms with van der Waals surface area (Å²) in [6.45, 7) is 0.0318. The lowest BCUT2D eigenvalue weighted by atomic mass is 10.7. The van der Waals surface area contributed by atoms with Crippen LogP contribution in [-0.2, 0) is 14.3 Å². The van der Waals surface area contributed by atoms with Gasteiger partial charge in [-0.3, -0.25) is 4.18 Å². The van der Waals surface area contributed by atoms with Crippen LogP contribution in [0.3, 0.4) is 0 Å². The first-order chi connectivity index (χ1) is 4.45. The van der Waals surface area contributed by atoms with E-state index in [4.69, 9.17) is 0 Å². The maximum Gasteiger partial charge on any atom is 0.264 e. The van der Waals surface area contributed by atoms with Crippen molar-refractivity contribution in [1.82, 2.24) is 0 Å². The predicted octanol–water partition coefficient (Wildman–Crippen LogP) is 1.59. The van der Waals surface area contributed by atoms with Gasteiger partial charge in [-0.15, -0.1) is 0 Å². The van der Waals surface area contributed by atoms with Crippen molar-refractivity contribution in [3.05, 3.63) is 9.47 Å². The highest BCUT2D eigenvalue weighted by Gasteiger charge is 2.01. The van der Waals surface area contributed by atoms with Gasteiger partial charge in [0.05, 0.1) is 12.9 Å². The van der Waals surface area contributed by atoms with E-state index in [-0.39, 0.29) is 6.61 Å². The molecule has 0 amide bonds. The fraction of sp³-hybridized carbons (Fsp3) is 0.500. The lowest BCUT2D eigenvalue weighted by Crippen LogP contribution is -2.03. The molecule has 6 heteroatoms. The zero-order chi connectivity index (χ0) is 8.20. The van der Waals surface area contributed by atoms with Crippen LogP contribution in [0.25, 0.3) is 0 Å². The summed E-state index contributed by atoms with van der Waals surface area (Å²) in [5.41, 5.74) is 0. The molecule has 0 aliphatic heterocycles. The van der Waals surface area contributed by atoms with E-state index in [0.717, 1.165) is 6.26 Å². The van der Waals surface area contributed by atoms with Crippen LogP contribution in [0.1, 0.15) is 0 Å². The smallest absolute Gasteiger partial charge is 0.264 e. The van der Waals surface area contributed by atoms with E-state index in [2.05, 4.69) is 36.0 Å². The highest BCUT2D eigenvalue weighted by Crippen LogP contribution is 2.08. The molecule has 0 aliphatic rings. The Kier molecular flexibility index (Phi) is 4.75. The Balaban J connectivity index is 3.79. The fourth-order valence-electron chi connectivity index (χ4n) is 0.195. The molecule has 0 heterocycles. The third kappa shape index (κ3) is 6.73. The zero-order valence-corrected chi connectivity index (χ0v) is 9.16. The minimum Gasteiger partial charge on any atom is -0.265 e. The van der Waals surface area contributed by atoms with Crippen molar-refractivity contribution < 1.29 is 12.6 Å². The van der Waals surface area contributed by atoms with Gasteiger partial charge in [-0.25, -0.2) is 0 Å². The molecular formula is C4H6Br2O3S. The Hall–Kier alpha value is 0.610. The molecule has 0 saturated heterocycles. The van der Waals surface area contributed by atoms with Gasteiger partial charge < -0.3 is 0 Å². The Labute approximate surface area is 76.8 Å². The summed E-state index contributed by atoms with van der Waals surface area (Å²) in [6.07, 6.45) is 1.00. The van der Waals surface area contributed by atoms with Crippen molar-refractivity contribution in [2.75, 3.05) is 12.9 Å². The first-order valence-corrected chi connectivity index (χ1v) is 5.77. The molecule has 0 radical (unpaired) electrons. The van der Waals surface area contributed by atoms with E-state index in [0.29, 0.717) is 4.48 Å². The predicted molar refractivity (Wildman–Crippen MR) is 46.7 cm³/mol. The summed E-state index contributed by atoms with van der Waals surface area (Å²) in [5, 5.41) is 0. The molecule has 0 N–H and O–H groups in total. The molecule has 0 aromatic carbocycles. The Bertz CT molecular complexity index is 219. The van der Waals surface area contributed by atoms with Crippen LogP contribution in [0.15, 0.2) is 9.47 Å². The lowest BCUT2D eigenvalue weighted by Gasteiger charge is -1.97. The molecule has 10 heavy (non-hydrogen) atoms. The quantitative estimate of drug-likeness (QED) is 0.742. The summed E-state index contributed by atoms with van der Waals surface area (Å²) < 4.78 is 25.8. The van der Waals surface area contributed by atoms with Gasteiger partial charge in [0, 0.05) is 4.48 Å². The van der Waals surface area contributed by atoms with Gasteiger partial charge in [-0.1, -0.05) is 31.9 Å². The Morgan fingerprint density at radius 1 is 1.70 bits per heavy atom. The molecule has 0 aromatic rings. The minimum absolute atomic E-state index is 0.0318. The second-order valence-electron chi connectivity index (χ2n) is 1.52. The van der Waals surface area contributed by atoms with E-state index in [9.17, 15) is 8.42 Å². The number of rotatable bonds is 3. The molecule has 3 nitrogen and oxygen atoms in total. The Morgan fingerprint density at radius 2 is 2.20 bits per heavy atom. The molecule has 0 rings (SSSR count). The number of hydrogen-bond acceptors (Lipinski definition) is 3. The second kappa shape index (κ2) is 4.48. The van der Waals surface area contributed by atoms with E-state index in [1.54, 1.807) is 0 Å². The molecule has 0 aromatic heterocycles. The highest BCUT2D eigenvalue weighted by molar-refractivity contribution is 9.14. The first kappa shape index (κ1) is 10.6. The first-order valence-electron chi connectivity index (χ1n) is 2.25. The van der Waals surface area contributed by atoms with Crippen LogP contribution >= 0.6 is 31.9 Å². The summed E-state index contributed by atoms with van der Waals surface area (Å²) in [7, 11) is -3.32. The van der Waals surface area contributed by atoms with Gasteiger partial charge in [-0.05, 0) is 4.99 Å². The van der Waals surface area contributed by atoms with Crippen molar-refractivity contribution in [2.45, 2.75) is 0 Å². The van der Waals surface area contributed by atoms with Gasteiger partial charge in [-0.2, -0.15) is 8.42 Å². The van der Waals surface area contributed by atoms with E-state index >= 15 is 0 Å². The molecule has 60 valence electrons. The average Bonchev–Trinajstić information content (AvgIpc) is 1.81. The van der Waals surface area contributed by atoms with E-state index in [1.807, 2.05) is 0 Å². The third-order valence-electron chi connectivity index (χ3n) is 0.529. The molecule has 0 spiro atoms. The van der Waals surface area contributed by atoms with Crippen molar-refractivity contribution >= 4 is 42.0 Å². The topological polar surface area (TPSA) is 43.4 Å². The average molecular weight is 294 g/mol. The van der Waals surface area contributed by atoms with Gasteiger partial charge in [0.2, 0.25) is 0 Å². The monoisotopic (exact) mass is 292 g/mol. The van der Waals surface area contributed by atoms with Crippen molar-refractivity contribution in [3.63, 3.8) is 0 Å². The number of halogens is 2. The van der Waals surface area contributed by atoms with Crippen LogP contribution < -0.4 is 0 Å². The maximum absolute atomic E-state index is 10.4. The molecule has 0 aliphatic carbocycles. The SMILES string of the molecule is CS(=O)(=O)OC/C(Br)=C/Br. The fourth-order valence-corrected chi connectivity index (χ4v) is 0.934. The van der Waals surface area contributed by atoms with Gasteiger partial charge in [0.25, 0.3) is 10.1 Å². The largest absolute Gasteiger partial charge is 0.265 e.